The number of carbonyl (C=O) groups excluding carboxylic acids is 2. The van der Waals surface area contributed by atoms with Crippen LogP contribution in [0.25, 0.3) is 0 Å². The van der Waals surface area contributed by atoms with Gasteiger partial charge in [-0.15, -0.1) is 0 Å². The van der Waals surface area contributed by atoms with E-state index in [1.54, 1.807) is 0 Å². The van der Waals surface area contributed by atoms with Crippen molar-refractivity contribution in [2.45, 2.75) is 6.42 Å². The van der Waals surface area contributed by atoms with E-state index in [1.807, 2.05) is 6.07 Å². The first kappa shape index (κ1) is 19.3. The van der Waals surface area contributed by atoms with Crippen LogP contribution in [0.2, 0.25) is 5.02 Å². The molecule has 0 aliphatic carbocycles. The maximum atomic E-state index is 13.5. The van der Waals surface area contributed by atoms with Gasteiger partial charge in [0.25, 0.3) is 0 Å². The predicted molar refractivity (Wildman–Crippen MR) is 98.3 cm³/mol. The van der Waals surface area contributed by atoms with Crippen LogP contribution in [-0.4, -0.2) is 23.3 Å². The smallest absolute Gasteiger partial charge is 0.306 e. The topological polar surface area (TPSA) is 116 Å². The lowest BCUT2D eigenvalue weighted by Gasteiger charge is -2.16. The Labute approximate surface area is 163 Å². The number of nitrogens with zero attached hydrogens (tertiary/aromatic N) is 3. The van der Waals surface area contributed by atoms with Crippen molar-refractivity contribution in [2.75, 3.05) is 16.8 Å². The molecule has 10 heteroatoms. The van der Waals surface area contributed by atoms with Gasteiger partial charge in [0.05, 0.1) is 27.1 Å². The van der Waals surface area contributed by atoms with Gasteiger partial charge >= 0.3 is 5.69 Å². The Morgan fingerprint density at radius 2 is 2.11 bits per heavy atom. The number of carbonyl (C=O) groups is 2. The number of halogens is 2. The molecule has 1 aliphatic rings. The lowest BCUT2D eigenvalue weighted by molar-refractivity contribution is -0.387. The average Bonchev–Trinajstić information content (AvgIpc) is 3.04. The zero-order valence-corrected chi connectivity index (χ0v) is 14.9. The van der Waals surface area contributed by atoms with Crippen molar-refractivity contribution in [3.63, 3.8) is 0 Å². The summed E-state index contributed by atoms with van der Waals surface area (Å²) in [5.41, 5.74) is 0.0392. The van der Waals surface area contributed by atoms with Gasteiger partial charge in [0.1, 0.15) is 6.07 Å². The van der Waals surface area contributed by atoms with E-state index in [4.69, 9.17) is 16.9 Å². The van der Waals surface area contributed by atoms with Crippen LogP contribution in [0.3, 0.4) is 0 Å². The summed E-state index contributed by atoms with van der Waals surface area (Å²) in [5, 5.41) is 22.6. The van der Waals surface area contributed by atoms with Gasteiger partial charge < -0.3 is 10.2 Å². The molecule has 1 atom stereocenters. The number of nitro benzene ring substituents is 1. The quantitative estimate of drug-likeness (QED) is 0.622. The fraction of sp³-hybridized carbons (Fsp3) is 0.167. The third-order valence-electron chi connectivity index (χ3n) is 4.29. The van der Waals surface area contributed by atoms with E-state index in [0.717, 1.165) is 12.1 Å². The van der Waals surface area contributed by atoms with Crippen molar-refractivity contribution in [1.29, 1.82) is 5.26 Å². The summed E-state index contributed by atoms with van der Waals surface area (Å²) in [6.07, 6.45) is -0.0962. The highest BCUT2D eigenvalue weighted by atomic mass is 35.5. The third-order valence-corrected chi connectivity index (χ3v) is 4.60. The summed E-state index contributed by atoms with van der Waals surface area (Å²) in [6, 6.07) is 9.43. The van der Waals surface area contributed by atoms with Crippen LogP contribution < -0.4 is 10.2 Å². The van der Waals surface area contributed by atoms with Crippen molar-refractivity contribution < 1.29 is 18.9 Å². The number of amides is 2. The molecule has 1 fully saturated rings. The van der Waals surface area contributed by atoms with E-state index >= 15 is 0 Å². The van der Waals surface area contributed by atoms with Crippen LogP contribution in [-0.2, 0) is 9.59 Å². The van der Waals surface area contributed by atoms with Gasteiger partial charge in [-0.3, -0.25) is 19.7 Å². The second-order valence-electron chi connectivity index (χ2n) is 6.09. The highest BCUT2D eigenvalue weighted by molar-refractivity contribution is 6.32. The van der Waals surface area contributed by atoms with Gasteiger partial charge in [-0.1, -0.05) is 11.6 Å². The second-order valence-corrected chi connectivity index (χ2v) is 6.50. The Morgan fingerprint density at radius 1 is 1.36 bits per heavy atom. The number of hydrogen-bond donors (Lipinski definition) is 1. The van der Waals surface area contributed by atoms with E-state index in [2.05, 4.69) is 5.32 Å². The number of anilines is 2. The molecule has 28 heavy (non-hydrogen) atoms. The molecular formula is C18H12ClFN4O4. The zero-order chi connectivity index (χ0) is 20.4. The third kappa shape index (κ3) is 3.77. The van der Waals surface area contributed by atoms with Crippen LogP contribution in [0.5, 0.6) is 0 Å². The van der Waals surface area contributed by atoms with Gasteiger partial charge in [-0.25, -0.2) is 0 Å². The molecule has 0 aromatic heterocycles. The van der Waals surface area contributed by atoms with E-state index in [1.165, 1.54) is 29.2 Å². The number of nitriles is 1. The predicted octanol–water partition coefficient (Wildman–Crippen LogP) is 3.25. The van der Waals surface area contributed by atoms with Gasteiger partial charge in [-0.05, 0) is 30.3 Å². The molecule has 1 N–H and O–H groups in total. The molecule has 2 aromatic carbocycles. The number of hydrogen-bond acceptors (Lipinski definition) is 5. The van der Waals surface area contributed by atoms with E-state index in [9.17, 15) is 24.1 Å². The molecule has 0 bridgehead atoms. The lowest BCUT2D eigenvalue weighted by atomic mass is 10.1. The Kier molecular flexibility index (Phi) is 5.24. The first-order chi connectivity index (χ1) is 13.3. The average molecular weight is 403 g/mol. The Bertz CT molecular complexity index is 1040. The minimum Gasteiger partial charge on any atom is -0.326 e. The first-order valence-electron chi connectivity index (χ1n) is 8.05. The standard InChI is InChI=1S/C18H12ClFN4O4/c19-14-6-12(2-1-10(14)8-21)22-18(26)11-5-17(25)23(9-11)13-3-4-15(20)16(7-13)24(27)28/h1-4,6-7,11H,5,9H2,(H,22,26). The first-order valence-corrected chi connectivity index (χ1v) is 8.42. The van der Waals surface area contributed by atoms with Crippen molar-refractivity contribution >= 4 is 40.5 Å². The molecule has 2 amide bonds. The number of nitro groups is 1. The molecule has 0 radical (unpaired) electrons. The summed E-state index contributed by atoms with van der Waals surface area (Å²) >= 11 is 5.93. The Balaban J connectivity index is 1.75. The van der Waals surface area contributed by atoms with E-state index in [-0.39, 0.29) is 29.2 Å². The van der Waals surface area contributed by atoms with Crippen LogP contribution in [0.1, 0.15) is 12.0 Å². The monoisotopic (exact) mass is 402 g/mol. The van der Waals surface area contributed by atoms with E-state index in [0.29, 0.717) is 5.69 Å². The van der Waals surface area contributed by atoms with Crippen LogP contribution in [0, 0.1) is 33.2 Å². The van der Waals surface area contributed by atoms with Crippen molar-refractivity contribution in [3.8, 4) is 6.07 Å². The molecule has 2 aromatic rings. The SMILES string of the molecule is N#Cc1ccc(NC(=O)C2CC(=O)N(c3ccc(F)c([N+](=O)[O-])c3)C2)cc1Cl. The normalized spacial score (nSPS) is 16.0. The largest absolute Gasteiger partial charge is 0.326 e. The molecule has 1 unspecified atom stereocenters. The zero-order valence-electron chi connectivity index (χ0n) is 14.2. The number of nitrogens with one attached hydrogen (secondary N) is 1. The summed E-state index contributed by atoms with van der Waals surface area (Å²) in [5.74, 6) is -2.55. The summed E-state index contributed by atoms with van der Waals surface area (Å²) in [6.45, 7) is -0.00252. The number of rotatable bonds is 4. The van der Waals surface area contributed by atoms with Gasteiger partial charge in [0.2, 0.25) is 17.6 Å². The van der Waals surface area contributed by atoms with E-state index < -0.39 is 34.2 Å². The van der Waals surface area contributed by atoms with Gasteiger partial charge in [0, 0.05) is 24.7 Å². The number of benzene rings is 2. The van der Waals surface area contributed by atoms with Crippen molar-refractivity contribution in [2.24, 2.45) is 5.92 Å². The highest BCUT2D eigenvalue weighted by Crippen LogP contribution is 2.30. The van der Waals surface area contributed by atoms with Crippen LogP contribution >= 0.6 is 11.6 Å². The van der Waals surface area contributed by atoms with Gasteiger partial charge in [-0.2, -0.15) is 9.65 Å². The fourth-order valence-corrected chi connectivity index (χ4v) is 3.09. The molecule has 1 heterocycles. The molecule has 0 spiro atoms. The molecule has 8 nitrogen and oxygen atoms in total. The summed E-state index contributed by atoms with van der Waals surface area (Å²) in [7, 11) is 0. The summed E-state index contributed by atoms with van der Waals surface area (Å²) < 4.78 is 13.5. The lowest BCUT2D eigenvalue weighted by Crippen LogP contribution is -2.28. The minimum absolute atomic E-state index is 0.00252. The minimum atomic E-state index is -1.01. The van der Waals surface area contributed by atoms with Gasteiger partial charge in [0.15, 0.2) is 0 Å². The maximum Gasteiger partial charge on any atom is 0.306 e. The fourth-order valence-electron chi connectivity index (χ4n) is 2.87. The van der Waals surface area contributed by atoms with Crippen LogP contribution in [0.15, 0.2) is 36.4 Å². The second kappa shape index (κ2) is 7.62. The molecule has 0 saturated carbocycles. The molecule has 1 aliphatic heterocycles. The van der Waals surface area contributed by atoms with Crippen molar-refractivity contribution in [1.82, 2.24) is 0 Å². The molecule has 1 saturated heterocycles. The highest BCUT2D eigenvalue weighted by Gasteiger charge is 2.36. The Morgan fingerprint density at radius 3 is 2.75 bits per heavy atom. The van der Waals surface area contributed by atoms with Crippen molar-refractivity contribution in [3.05, 3.63) is 62.9 Å². The van der Waals surface area contributed by atoms with Crippen LogP contribution in [0.4, 0.5) is 21.5 Å². The summed E-state index contributed by atoms with van der Waals surface area (Å²) in [4.78, 5) is 36.0. The Hall–Kier alpha value is -3.51. The molecule has 142 valence electrons. The molecular weight excluding hydrogens is 391 g/mol. The maximum absolute atomic E-state index is 13.5. The molecule has 3 rings (SSSR count).